The van der Waals surface area contributed by atoms with E-state index in [1.165, 1.54) is 0 Å². The Morgan fingerprint density at radius 1 is 1.44 bits per heavy atom. The van der Waals surface area contributed by atoms with Crippen LogP contribution in [0.4, 0.5) is 0 Å². The summed E-state index contributed by atoms with van der Waals surface area (Å²) in [7, 11) is 0. The Labute approximate surface area is 65.3 Å². The van der Waals surface area contributed by atoms with Gasteiger partial charge in [-0.05, 0) is 24.4 Å². The summed E-state index contributed by atoms with van der Waals surface area (Å²) in [5.41, 5.74) is 0. The average Bonchev–Trinajstić information content (AvgIpc) is 1.86. The molecule has 3 heteroatoms. The Morgan fingerprint density at radius 3 is 1.78 bits per heavy atom. The van der Waals surface area contributed by atoms with E-state index in [0.29, 0.717) is 12.8 Å². The minimum Gasteiger partial charge on any atom is -0.279 e. The molecule has 0 amide bonds. The second-order valence-corrected chi connectivity index (χ2v) is 3.01. The molecule has 0 aromatic heterocycles. The average molecular weight is 169 g/mol. The second-order valence-electron chi connectivity index (χ2n) is 1.95. The lowest BCUT2D eigenvalue weighted by Crippen LogP contribution is -2.26. The van der Waals surface area contributed by atoms with Crippen molar-refractivity contribution >= 4 is 28.4 Å². The monoisotopic (exact) mass is 168 g/mol. The fourth-order valence-corrected chi connectivity index (χ4v) is 0.795. The van der Waals surface area contributed by atoms with Crippen LogP contribution in [0, 0.1) is 0 Å². The topological polar surface area (TPSA) is 17.1 Å². The SMILES string of the molecule is CCC(Cl)(CC)C(=O)Cl. The first kappa shape index (κ1) is 9.25. The number of hydrogen-bond acceptors (Lipinski definition) is 1. The highest BCUT2D eigenvalue weighted by molar-refractivity contribution is 6.70. The molecule has 54 valence electrons. The molecule has 0 heterocycles. The molecule has 0 spiro atoms. The van der Waals surface area contributed by atoms with Gasteiger partial charge in [0, 0.05) is 0 Å². The van der Waals surface area contributed by atoms with E-state index in [-0.39, 0.29) is 0 Å². The number of carbonyl (C=O) groups is 1. The van der Waals surface area contributed by atoms with Gasteiger partial charge in [0.2, 0.25) is 5.24 Å². The van der Waals surface area contributed by atoms with E-state index in [2.05, 4.69) is 0 Å². The predicted octanol–water partition coefficient (Wildman–Crippen LogP) is 2.55. The van der Waals surface area contributed by atoms with Crippen LogP contribution in [0.1, 0.15) is 26.7 Å². The molecule has 0 atom stereocenters. The zero-order valence-corrected chi connectivity index (χ0v) is 7.09. The molecule has 0 unspecified atom stereocenters. The van der Waals surface area contributed by atoms with Crippen LogP contribution in [0.3, 0.4) is 0 Å². The van der Waals surface area contributed by atoms with Crippen LogP contribution in [0.25, 0.3) is 0 Å². The minimum atomic E-state index is -0.818. The maximum absolute atomic E-state index is 10.6. The van der Waals surface area contributed by atoms with Crippen molar-refractivity contribution in [1.82, 2.24) is 0 Å². The van der Waals surface area contributed by atoms with Gasteiger partial charge in [-0.2, -0.15) is 0 Å². The molecule has 0 saturated heterocycles. The van der Waals surface area contributed by atoms with E-state index >= 15 is 0 Å². The molecule has 0 fully saturated rings. The highest BCUT2D eigenvalue weighted by atomic mass is 35.5. The molecule has 0 N–H and O–H groups in total. The Balaban J connectivity index is 4.09. The molecular formula is C6H10Cl2O. The van der Waals surface area contributed by atoms with Crippen LogP contribution in [-0.2, 0) is 4.79 Å². The van der Waals surface area contributed by atoms with Gasteiger partial charge in [-0.3, -0.25) is 4.79 Å². The summed E-state index contributed by atoms with van der Waals surface area (Å²) in [5.74, 6) is 0. The molecular weight excluding hydrogens is 159 g/mol. The third kappa shape index (κ3) is 2.15. The lowest BCUT2D eigenvalue weighted by molar-refractivity contribution is -0.114. The van der Waals surface area contributed by atoms with Crippen LogP contribution in [0.2, 0.25) is 0 Å². The molecule has 0 aromatic rings. The van der Waals surface area contributed by atoms with Gasteiger partial charge in [-0.25, -0.2) is 0 Å². The first-order valence-corrected chi connectivity index (χ1v) is 3.71. The summed E-state index contributed by atoms with van der Waals surface area (Å²) in [6.07, 6.45) is 1.18. The molecule has 9 heavy (non-hydrogen) atoms. The Kier molecular flexibility index (Phi) is 3.52. The van der Waals surface area contributed by atoms with Crippen molar-refractivity contribution in [3.05, 3.63) is 0 Å². The first-order chi connectivity index (χ1) is 4.06. The predicted molar refractivity (Wildman–Crippen MR) is 40.0 cm³/mol. The van der Waals surface area contributed by atoms with Crippen LogP contribution in [0.5, 0.6) is 0 Å². The number of rotatable bonds is 3. The summed E-state index contributed by atoms with van der Waals surface area (Å²) in [6, 6.07) is 0. The van der Waals surface area contributed by atoms with Gasteiger partial charge in [0.25, 0.3) is 0 Å². The van der Waals surface area contributed by atoms with Crippen molar-refractivity contribution in [3.8, 4) is 0 Å². The Hall–Kier alpha value is 0.250. The highest BCUT2D eigenvalue weighted by Gasteiger charge is 2.29. The lowest BCUT2D eigenvalue weighted by Gasteiger charge is -2.17. The zero-order chi connectivity index (χ0) is 7.49. The zero-order valence-electron chi connectivity index (χ0n) is 5.58. The lowest BCUT2D eigenvalue weighted by atomic mass is 10.1. The van der Waals surface area contributed by atoms with Crippen LogP contribution >= 0.6 is 23.2 Å². The van der Waals surface area contributed by atoms with Gasteiger partial charge >= 0.3 is 0 Å². The van der Waals surface area contributed by atoms with E-state index < -0.39 is 10.1 Å². The van der Waals surface area contributed by atoms with Crippen molar-refractivity contribution in [1.29, 1.82) is 0 Å². The van der Waals surface area contributed by atoms with Crippen LogP contribution in [0.15, 0.2) is 0 Å². The standard InChI is InChI=1S/C6H10Cl2O/c1-3-6(8,4-2)5(7)9/h3-4H2,1-2H3. The quantitative estimate of drug-likeness (QED) is 0.468. The van der Waals surface area contributed by atoms with E-state index in [1.807, 2.05) is 13.8 Å². The smallest absolute Gasteiger partial charge is 0.242 e. The maximum atomic E-state index is 10.6. The summed E-state index contributed by atoms with van der Waals surface area (Å²) in [5, 5.41) is -0.450. The second kappa shape index (κ2) is 3.43. The first-order valence-electron chi connectivity index (χ1n) is 2.95. The van der Waals surface area contributed by atoms with Crippen LogP contribution in [-0.4, -0.2) is 10.1 Å². The Morgan fingerprint density at radius 2 is 1.78 bits per heavy atom. The molecule has 0 aliphatic heterocycles. The van der Waals surface area contributed by atoms with Gasteiger partial charge in [0.1, 0.15) is 4.87 Å². The van der Waals surface area contributed by atoms with E-state index in [9.17, 15) is 4.79 Å². The van der Waals surface area contributed by atoms with Gasteiger partial charge in [-0.1, -0.05) is 13.8 Å². The minimum absolute atomic E-state index is 0.450. The summed E-state index contributed by atoms with van der Waals surface area (Å²) in [6.45, 7) is 3.69. The number of halogens is 2. The summed E-state index contributed by atoms with van der Waals surface area (Å²) >= 11 is 11.0. The summed E-state index contributed by atoms with van der Waals surface area (Å²) < 4.78 is 0. The molecule has 0 radical (unpaired) electrons. The molecule has 0 aliphatic carbocycles. The third-order valence-corrected chi connectivity index (χ3v) is 2.64. The van der Waals surface area contributed by atoms with Crippen molar-refractivity contribution in [2.45, 2.75) is 31.6 Å². The maximum Gasteiger partial charge on any atom is 0.242 e. The van der Waals surface area contributed by atoms with Gasteiger partial charge < -0.3 is 0 Å². The van der Waals surface area contributed by atoms with Crippen molar-refractivity contribution in [2.75, 3.05) is 0 Å². The molecule has 0 aromatic carbocycles. The third-order valence-electron chi connectivity index (χ3n) is 1.47. The largest absolute Gasteiger partial charge is 0.279 e. The van der Waals surface area contributed by atoms with Crippen molar-refractivity contribution in [2.24, 2.45) is 0 Å². The highest BCUT2D eigenvalue weighted by Crippen LogP contribution is 2.26. The van der Waals surface area contributed by atoms with E-state index in [0.717, 1.165) is 0 Å². The molecule has 0 rings (SSSR count). The van der Waals surface area contributed by atoms with Gasteiger partial charge in [0.05, 0.1) is 0 Å². The van der Waals surface area contributed by atoms with E-state index in [1.54, 1.807) is 0 Å². The molecule has 0 bridgehead atoms. The van der Waals surface area contributed by atoms with Crippen LogP contribution < -0.4 is 0 Å². The van der Waals surface area contributed by atoms with Gasteiger partial charge in [0.15, 0.2) is 0 Å². The molecule has 1 nitrogen and oxygen atoms in total. The molecule has 0 saturated carbocycles. The fourth-order valence-electron chi connectivity index (χ4n) is 0.528. The fraction of sp³-hybridized carbons (Fsp3) is 0.833. The Bertz CT molecular complexity index is 108. The summed E-state index contributed by atoms with van der Waals surface area (Å²) in [4.78, 5) is 9.74. The number of hydrogen-bond donors (Lipinski definition) is 0. The molecule has 0 aliphatic rings. The van der Waals surface area contributed by atoms with E-state index in [4.69, 9.17) is 23.2 Å². The normalized spacial score (nSPS) is 11.6. The van der Waals surface area contributed by atoms with Crippen molar-refractivity contribution < 1.29 is 4.79 Å². The van der Waals surface area contributed by atoms with Crippen molar-refractivity contribution in [3.63, 3.8) is 0 Å². The van der Waals surface area contributed by atoms with Gasteiger partial charge in [-0.15, -0.1) is 11.6 Å². The number of carbonyl (C=O) groups excluding carboxylic acids is 1. The number of alkyl halides is 1.